The second kappa shape index (κ2) is 4.96. The highest BCUT2D eigenvalue weighted by molar-refractivity contribution is 5.48. The summed E-state index contributed by atoms with van der Waals surface area (Å²) in [5.74, 6) is 2.52. The van der Waals surface area contributed by atoms with Gasteiger partial charge in [-0.3, -0.25) is 4.98 Å². The maximum Gasteiger partial charge on any atom is 0.176 e. The van der Waals surface area contributed by atoms with Gasteiger partial charge in [0.05, 0.1) is 6.04 Å². The summed E-state index contributed by atoms with van der Waals surface area (Å²) in [5, 5.41) is 0. The van der Waals surface area contributed by atoms with Crippen LogP contribution in [0.3, 0.4) is 0 Å². The summed E-state index contributed by atoms with van der Waals surface area (Å²) in [6.45, 7) is 6.06. The Morgan fingerprint density at radius 2 is 1.95 bits per heavy atom. The van der Waals surface area contributed by atoms with Crippen molar-refractivity contribution in [2.45, 2.75) is 26.8 Å². The zero-order chi connectivity index (χ0) is 14.1. The van der Waals surface area contributed by atoms with E-state index < -0.39 is 0 Å². The number of nitrogens with zero attached hydrogens (tertiary/aromatic N) is 3. The van der Waals surface area contributed by atoms with Crippen LogP contribution in [0.4, 0.5) is 0 Å². The first kappa shape index (κ1) is 12.7. The first-order chi connectivity index (χ1) is 9.65. The molecule has 0 aliphatic heterocycles. The monoisotopic (exact) mass is 267 g/mol. The largest absolute Gasteiger partial charge is 0.458 e. The lowest BCUT2D eigenvalue weighted by atomic mass is 10.1. The molecule has 3 rings (SSSR count). The lowest BCUT2D eigenvalue weighted by molar-refractivity contribution is 0.533. The molecule has 3 heterocycles. The summed E-state index contributed by atoms with van der Waals surface area (Å²) in [5.41, 5.74) is 2.17. The van der Waals surface area contributed by atoms with Crippen molar-refractivity contribution in [2.24, 2.45) is 0 Å². The first-order valence-electron chi connectivity index (χ1n) is 6.67. The Bertz CT molecular complexity index is 709. The molecule has 20 heavy (non-hydrogen) atoms. The molecule has 3 aromatic rings. The van der Waals surface area contributed by atoms with Crippen molar-refractivity contribution in [2.75, 3.05) is 0 Å². The van der Waals surface area contributed by atoms with Gasteiger partial charge < -0.3 is 8.98 Å². The van der Waals surface area contributed by atoms with Crippen LogP contribution in [0.15, 0.2) is 47.3 Å². The van der Waals surface area contributed by atoms with Crippen molar-refractivity contribution >= 4 is 0 Å². The summed E-state index contributed by atoms with van der Waals surface area (Å²) in [4.78, 5) is 8.77. The van der Waals surface area contributed by atoms with Gasteiger partial charge in [-0.2, -0.15) is 0 Å². The molecule has 0 saturated heterocycles. The Labute approximate surface area is 118 Å². The van der Waals surface area contributed by atoms with Crippen LogP contribution in [0.25, 0.3) is 11.6 Å². The van der Waals surface area contributed by atoms with Crippen LogP contribution >= 0.6 is 0 Å². The number of hydrogen-bond acceptors (Lipinski definition) is 3. The van der Waals surface area contributed by atoms with E-state index in [-0.39, 0.29) is 6.04 Å². The van der Waals surface area contributed by atoms with E-state index in [0.29, 0.717) is 0 Å². The first-order valence-corrected chi connectivity index (χ1v) is 6.67. The molecule has 0 aliphatic rings. The maximum atomic E-state index is 5.67. The Morgan fingerprint density at radius 3 is 2.60 bits per heavy atom. The maximum absolute atomic E-state index is 5.67. The average molecular weight is 267 g/mol. The van der Waals surface area contributed by atoms with E-state index in [1.54, 1.807) is 6.20 Å². The van der Waals surface area contributed by atoms with E-state index in [1.807, 2.05) is 44.4 Å². The number of aryl methyl sites for hydroxylation is 2. The van der Waals surface area contributed by atoms with Crippen LogP contribution < -0.4 is 0 Å². The van der Waals surface area contributed by atoms with Crippen molar-refractivity contribution in [3.63, 3.8) is 0 Å². The van der Waals surface area contributed by atoms with Crippen molar-refractivity contribution in [3.05, 3.63) is 59.9 Å². The molecule has 0 fully saturated rings. The van der Waals surface area contributed by atoms with Gasteiger partial charge in [0.1, 0.15) is 5.76 Å². The fourth-order valence-corrected chi connectivity index (χ4v) is 2.26. The van der Waals surface area contributed by atoms with E-state index in [4.69, 9.17) is 4.42 Å². The normalized spacial score (nSPS) is 12.6. The van der Waals surface area contributed by atoms with Gasteiger partial charge in [0.2, 0.25) is 0 Å². The van der Waals surface area contributed by atoms with Gasteiger partial charge in [0.25, 0.3) is 0 Å². The Kier molecular flexibility index (Phi) is 3.14. The van der Waals surface area contributed by atoms with Crippen molar-refractivity contribution in [3.8, 4) is 11.6 Å². The third-order valence-corrected chi connectivity index (χ3v) is 3.46. The zero-order valence-electron chi connectivity index (χ0n) is 11.9. The number of furan rings is 1. The van der Waals surface area contributed by atoms with Crippen molar-refractivity contribution < 1.29 is 4.42 Å². The van der Waals surface area contributed by atoms with E-state index in [1.165, 1.54) is 0 Å². The standard InChI is InChI=1S/C16H17N3O/c1-11-4-6-14(10-18-11)13(3)19-9-8-17-16(19)15-7-5-12(2)20-15/h4-10,13H,1-3H3. The SMILES string of the molecule is Cc1ccc(C(C)n2ccnc2-c2ccc(C)o2)cn1. The third kappa shape index (κ3) is 2.25. The van der Waals surface area contributed by atoms with Gasteiger partial charge >= 0.3 is 0 Å². The molecule has 0 spiro atoms. The molecule has 0 amide bonds. The highest BCUT2D eigenvalue weighted by atomic mass is 16.3. The molecule has 3 aromatic heterocycles. The molecule has 0 aliphatic carbocycles. The minimum atomic E-state index is 0.158. The van der Waals surface area contributed by atoms with Crippen LogP contribution in [0.1, 0.15) is 30.0 Å². The van der Waals surface area contributed by atoms with Crippen LogP contribution in [0.2, 0.25) is 0 Å². The summed E-state index contributed by atoms with van der Waals surface area (Å²) < 4.78 is 7.78. The molecular formula is C16H17N3O. The number of aromatic nitrogens is 3. The molecular weight excluding hydrogens is 250 g/mol. The minimum Gasteiger partial charge on any atom is -0.458 e. The summed E-state index contributed by atoms with van der Waals surface area (Å²) >= 11 is 0. The fraction of sp³-hybridized carbons (Fsp3) is 0.250. The molecule has 0 N–H and O–H groups in total. The molecule has 102 valence electrons. The third-order valence-electron chi connectivity index (χ3n) is 3.46. The smallest absolute Gasteiger partial charge is 0.176 e. The molecule has 0 aromatic carbocycles. The van der Waals surface area contributed by atoms with Crippen LogP contribution in [0.5, 0.6) is 0 Å². The van der Waals surface area contributed by atoms with Gasteiger partial charge in [-0.15, -0.1) is 0 Å². The number of imidazole rings is 1. The lowest BCUT2D eigenvalue weighted by Crippen LogP contribution is -2.07. The summed E-state index contributed by atoms with van der Waals surface area (Å²) in [7, 11) is 0. The van der Waals surface area contributed by atoms with Crippen molar-refractivity contribution in [1.29, 1.82) is 0 Å². The van der Waals surface area contributed by atoms with E-state index in [0.717, 1.165) is 28.6 Å². The predicted octanol–water partition coefficient (Wildman–Crippen LogP) is 3.76. The predicted molar refractivity (Wildman–Crippen MR) is 77.5 cm³/mol. The summed E-state index contributed by atoms with van der Waals surface area (Å²) in [6, 6.07) is 8.19. The topological polar surface area (TPSA) is 43.9 Å². The second-order valence-corrected chi connectivity index (χ2v) is 4.98. The summed E-state index contributed by atoms with van der Waals surface area (Å²) in [6.07, 6.45) is 5.68. The Balaban J connectivity index is 1.99. The van der Waals surface area contributed by atoms with Crippen LogP contribution in [-0.2, 0) is 0 Å². The zero-order valence-corrected chi connectivity index (χ0v) is 11.9. The minimum absolute atomic E-state index is 0.158. The van der Waals surface area contributed by atoms with Crippen LogP contribution in [0, 0.1) is 13.8 Å². The number of hydrogen-bond donors (Lipinski definition) is 0. The molecule has 1 atom stereocenters. The average Bonchev–Trinajstić information content (AvgIpc) is 3.07. The quantitative estimate of drug-likeness (QED) is 0.725. The van der Waals surface area contributed by atoms with Gasteiger partial charge in [-0.1, -0.05) is 6.07 Å². The van der Waals surface area contributed by atoms with E-state index >= 15 is 0 Å². The molecule has 4 nitrogen and oxygen atoms in total. The van der Waals surface area contributed by atoms with E-state index in [9.17, 15) is 0 Å². The Hall–Kier alpha value is -2.36. The highest BCUT2D eigenvalue weighted by Gasteiger charge is 2.15. The van der Waals surface area contributed by atoms with E-state index in [2.05, 4.69) is 27.5 Å². The Morgan fingerprint density at radius 1 is 1.10 bits per heavy atom. The fourth-order valence-electron chi connectivity index (χ4n) is 2.26. The molecule has 1 unspecified atom stereocenters. The van der Waals surface area contributed by atoms with Crippen molar-refractivity contribution in [1.82, 2.24) is 14.5 Å². The van der Waals surface area contributed by atoms with Gasteiger partial charge in [-0.25, -0.2) is 4.98 Å². The molecule has 4 heteroatoms. The number of rotatable bonds is 3. The van der Waals surface area contributed by atoms with Gasteiger partial charge in [-0.05, 0) is 44.5 Å². The molecule has 0 radical (unpaired) electrons. The molecule has 0 bridgehead atoms. The number of pyridine rings is 1. The van der Waals surface area contributed by atoms with Gasteiger partial charge in [0, 0.05) is 24.3 Å². The second-order valence-electron chi connectivity index (χ2n) is 4.98. The lowest BCUT2D eigenvalue weighted by Gasteiger charge is -2.15. The van der Waals surface area contributed by atoms with Gasteiger partial charge in [0.15, 0.2) is 11.6 Å². The highest BCUT2D eigenvalue weighted by Crippen LogP contribution is 2.26. The van der Waals surface area contributed by atoms with Crippen LogP contribution in [-0.4, -0.2) is 14.5 Å². The molecule has 0 saturated carbocycles.